The SMILES string of the molecule is c1ccc2c(c1)Oc1ccc3ccccc3c1N2c1c(-c2ccncc2)cccc1-c1ccncc1. The van der Waals surface area contributed by atoms with Gasteiger partial charge in [0.05, 0.1) is 17.1 Å². The van der Waals surface area contributed by atoms with Crippen LogP contribution in [0.1, 0.15) is 0 Å². The maximum Gasteiger partial charge on any atom is 0.152 e. The molecule has 3 heterocycles. The Labute approximate surface area is 209 Å². The minimum Gasteiger partial charge on any atom is -0.453 e. The van der Waals surface area contributed by atoms with Gasteiger partial charge in [0.1, 0.15) is 0 Å². The summed E-state index contributed by atoms with van der Waals surface area (Å²) in [6.45, 7) is 0. The lowest BCUT2D eigenvalue weighted by Crippen LogP contribution is -2.18. The molecule has 4 heteroatoms. The van der Waals surface area contributed by atoms with Crippen molar-refractivity contribution >= 4 is 27.8 Å². The molecule has 6 aromatic rings. The Morgan fingerprint density at radius 1 is 0.500 bits per heavy atom. The fourth-order valence-electron chi connectivity index (χ4n) is 5.06. The Bertz CT molecular complexity index is 1660. The maximum absolute atomic E-state index is 6.47. The number of aromatic nitrogens is 2. The normalized spacial score (nSPS) is 12.1. The summed E-state index contributed by atoms with van der Waals surface area (Å²) in [5.74, 6) is 1.66. The molecule has 0 atom stereocenters. The standard InChI is InChI=1S/C32H21N3O/c1-2-7-27-22(6-1)12-13-30-32(27)35(28-10-3-4-11-29(28)36-30)31-25(23-14-18-33-19-15-23)8-5-9-26(31)24-16-20-34-21-17-24/h1-21H. The quantitative estimate of drug-likeness (QED) is 0.263. The molecule has 0 aliphatic carbocycles. The van der Waals surface area contributed by atoms with Crippen LogP contribution in [0.2, 0.25) is 0 Å². The number of hydrogen-bond acceptors (Lipinski definition) is 4. The van der Waals surface area contributed by atoms with Crippen molar-refractivity contribution in [1.82, 2.24) is 9.97 Å². The maximum atomic E-state index is 6.47. The lowest BCUT2D eigenvalue weighted by molar-refractivity contribution is 0.478. The number of ether oxygens (including phenoxy) is 1. The first kappa shape index (κ1) is 20.4. The number of fused-ring (bicyclic) bond motifs is 4. The molecule has 0 saturated carbocycles. The van der Waals surface area contributed by atoms with E-state index in [0.29, 0.717) is 0 Å². The Kier molecular flexibility index (Phi) is 4.74. The molecule has 0 N–H and O–H groups in total. The van der Waals surface area contributed by atoms with Gasteiger partial charge in [-0.1, -0.05) is 60.7 Å². The molecule has 0 fully saturated rings. The molecule has 2 aromatic heterocycles. The third-order valence-corrected chi connectivity index (χ3v) is 6.66. The monoisotopic (exact) mass is 463 g/mol. The Morgan fingerprint density at radius 3 is 1.86 bits per heavy atom. The van der Waals surface area contributed by atoms with Crippen LogP contribution >= 0.6 is 0 Å². The highest BCUT2D eigenvalue weighted by Gasteiger charge is 2.31. The van der Waals surface area contributed by atoms with Crippen LogP contribution in [0.4, 0.5) is 17.1 Å². The minimum atomic E-state index is 0.825. The molecule has 0 bridgehead atoms. The first-order valence-corrected chi connectivity index (χ1v) is 11.9. The van der Waals surface area contributed by atoms with Crippen LogP contribution in [0.25, 0.3) is 33.0 Å². The molecule has 0 spiro atoms. The van der Waals surface area contributed by atoms with Gasteiger partial charge in [-0.15, -0.1) is 0 Å². The van der Waals surface area contributed by atoms with Crippen molar-refractivity contribution in [2.24, 2.45) is 0 Å². The number of para-hydroxylation sites is 3. The molecule has 0 saturated heterocycles. The summed E-state index contributed by atoms with van der Waals surface area (Å²) in [7, 11) is 0. The number of anilines is 3. The molecule has 36 heavy (non-hydrogen) atoms. The largest absolute Gasteiger partial charge is 0.453 e. The van der Waals surface area contributed by atoms with Gasteiger partial charge in [0, 0.05) is 41.3 Å². The smallest absolute Gasteiger partial charge is 0.152 e. The molecule has 1 aliphatic rings. The zero-order valence-corrected chi connectivity index (χ0v) is 19.4. The van der Waals surface area contributed by atoms with E-state index in [2.05, 4.69) is 106 Å². The molecule has 0 amide bonds. The summed E-state index contributed by atoms with van der Waals surface area (Å²) in [4.78, 5) is 10.9. The highest BCUT2D eigenvalue weighted by atomic mass is 16.5. The van der Waals surface area contributed by atoms with E-state index in [-0.39, 0.29) is 0 Å². The van der Waals surface area contributed by atoms with Crippen molar-refractivity contribution in [3.8, 4) is 33.8 Å². The molecule has 0 unspecified atom stereocenters. The van der Waals surface area contributed by atoms with Crippen LogP contribution in [0, 0.1) is 0 Å². The minimum absolute atomic E-state index is 0.825. The van der Waals surface area contributed by atoms with E-state index < -0.39 is 0 Å². The summed E-state index contributed by atoms with van der Waals surface area (Å²) in [5.41, 5.74) is 7.54. The zero-order valence-electron chi connectivity index (χ0n) is 19.4. The fraction of sp³-hybridized carbons (Fsp3) is 0. The Balaban J connectivity index is 1.63. The van der Waals surface area contributed by atoms with Gasteiger partial charge in [0.2, 0.25) is 0 Å². The van der Waals surface area contributed by atoms with Gasteiger partial charge >= 0.3 is 0 Å². The van der Waals surface area contributed by atoms with Crippen molar-refractivity contribution in [3.05, 3.63) is 128 Å². The number of rotatable bonds is 3. The number of pyridine rings is 2. The summed E-state index contributed by atoms with van der Waals surface area (Å²) >= 11 is 0. The summed E-state index contributed by atoms with van der Waals surface area (Å²) in [6.07, 6.45) is 7.37. The number of nitrogens with zero attached hydrogens (tertiary/aromatic N) is 3. The van der Waals surface area contributed by atoms with Gasteiger partial charge in [-0.05, 0) is 59.0 Å². The van der Waals surface area contributed by atoms with Crippen molar-refractivity contribution in [2.75, 3.05) is 4.90 Å². The molecule has 7 rings (SSSR count). The van der Waals surface area contributed by atoms with Crippen molar-refractivity contribution in [2.45, 2.75) is 0 Å². The van der Waals surface area contributed by atoms with E-state index >= 15 is 0 Å². The average Bonchev–Trinajstić information content (AvgIpc) is 2.96. The zero-order chi connectivity index (χ0) is 23.9. The summed E-state index contributed by atoms with van der Waals surface area (Å²) < 4.78 is 6.47. The van der Waals surface area contributed by atoms with E-state index in [4.69, 9.17) is 4.74 Å². The van der Waals surface area contributed by atoms with Crippen LogP contribution in [0.3, 0.4) is 0 Å². The van der Waals surface area contributed by atoms with Gasteiger partial charge in [-0.25, -0.2) is 0 Å². The van der Waals surface area contributed by atoms with Crippen molar-refractivity contribution in [3.63, 3.8) is 0 Å². The molecular formula is C32H21N3O. The van der Waals surface area contributed by atoms with Crippen LogP contribution in [-0.4, -0.2) is 9.97 Å². The summed E-state index contributed by atoms with van der Waals surface area (Å²) in [6, 6.07) is 35.6. The van der Waals surface area contributed by atoms with E-state index in [1.807, 2.05) is 36.9 Å². The lowest BCUT2D eigenvalue weighted by Gasteiger charge is -2.36. The molecule has 1 aliphatic heterocycles. The number of benzene rings is 4. The van der Waals surface area contributed by atoms with Crippen molar-refractivity contribution < 1.29 is 4.74 Å². The Morgan fingerprint density at radius 2 is 1.14 bits per heavy atom. The second-order valence-corrected chi connectivity index (χ2v) is 8.71. The second kappa shape index (κ2) is 8.36. The van der Waals surface area contributed by atoms with Gasteiger partial charge in [-0.2, -0.15) is 0 Å². The van der Waals surface area contributed by atoms with Crippen molar-refractivity contribution in [1.29, 1.82) is 0 Å². The summed E-state index contributed by atoms with van der Waals surface area (Å²) in [5, 5.41) is 2.30. The van der Waals surface area contributed by atoms with E-state index in [1.54, 1.807) is 0 Å². The van der Waals surface area contributed by atoms with Crippen LogP contribution in [-0.2, 0) is 0 Å². The number of hydrogen-bond donors (Lipinski definition) is 0. The fourth-order valence-corrected chi connectivity index (χ4v) is 5.06. The van der Waals surface area contributed by atoms with E-state index in [1.165, 1.54) is 0 Å². The third kappa shape index (κ3) is 3.23. The average molecular weight is 464 g/mol. The Hall–Kier alpha value is -4.96. The topological polar surface area (TPSA) is 38.2 Å². The van der Waals surface area contributed by atoms with Gasteiger partial charge in [0.25, 0.3) is 0 Å². The first-order chi connectivity index (χ1) is 17.9. The van der Waals surface area contributed by atoms with Gasteiger partial charge in [0.15, 0.2) is 11.5 Å². The predicted molar refractivity (Wildman–Crippen MR) is 145 cm³/mol. The van der Waals surface area contributed by atoms with Crippen LogP contribution < -0.4 is 9.64 Å². The van der Waals surface area contributed by atoms with Gasteiger partial charge < -0.3 is 9.64 Å². The molecule has 170 valence electrons. The molecule has 4 nitrogen and oxygen atoms in total. The predicted octanol–water partition coefficient (Wildman–Crippen LogP) is 8.54. The first-order valence-electron chi connectivity index (χ1n) is 11.9. The molecule has 0 radical (unpaired) electrons. The highest BCUT2D eigenvalue weighted by Crippen LogP contribution is 2.56. The van der Waals surface area contributed by atoms with E-state index in [9.17, 15) is 0 Å². The highest BCUT2D eigenvalue weighted by molar-refractivity contribution is 6.08. The van der Waals surface area contributed by atoms with Gasteiger partial charge in [-0.3, -0.25) is 9.97 Å². The molecular weight excluding hydrogens is 442 g/mol. The molecule has 4 aromatic carbocycles. The third-order valence-electron chi connectivity index (χ3n) is 6.66. The van der Waals surface area contributed by atoms with E-state index in [0.717, 1.165) is 61.6 Å². The second-order valence-electron chi connectivity index (χ2n) is 8.71. The lowest BCUT2D eigenvalue weighted by atomic mass is 9.94. The van der Waals surface area contributed by atoms with Crippen LogP contribution in [0.15, 0.2) is 128 Å². The van der Waals surface area contributed by atoms with Crippen LogP contribution in [0.5, 0.6) is 11.5 Å².